The van der Waals surface area contributed by atoms with Gasteiger partial charge >= 0.3 is 0 Å². The minimum Gasteiger partial charge on any atom is -0.397 e. The second-order valence-corrected chi connectivity index (χ2v) is 4.63. The zero-order chi connectivity index (χ0) is 15.1. The first kappa shape index (κ1) is 16.0. The Balaban J connectivity index is 3.16. The van der Waals surface area contributed by atoms with Crippen LogP contribution >= 0.6 is 0 Å². The molecule has 0 fully saturated rings. The fraction of sp³-hybridized carbons (Fsp3) is 0.312. The van der Waals surface area contributed by atoms with Crippen molar-refractivity contribution in [1.82, 2.24) is 0 Å². The topological polar surface area (TPSA) is 67.6 Å². The molecule has 0 saturated carbocycles. The molecule has 0 aliphatic carbocycles. The predicted molar refractivity (Wildman–Crippen MR) is 88.7 cm³/mol. The molecule has 4 nitrogen and oxygen atoms in total. The highest BCUT2D eigenvalue weighted by Gasteiger charge is 2.10. The highest BCUT2D eigenvalue weighted by Crippen LogP contribution is 2.27. The molecule has 1 rings (SSSR count). The molecule has 0 radical (unpaired) electrons. The number of rotatable bonds is 5. The molecule has 0 aromatic heterocycles. The van der Waals surface area contributed by atoms with Gasteiger partial charge in [-0.3, -0.25) is 10.0 Å². The Kier molecular flexibility index (Phi) is 6.00. The molecule has 1 aromatic rings. The van der Waals surface area contributed by atoms with E-state index in [-0.39, 0.29) is 0 Å². The average Bonchev–Trinajstić information content (AvgIpc) is 2.41. The Bertz CT molecular complexity index is 542. The summed E-state index contributed by atoms with van der Waals surface area (Å²) in [4.78, 5) is 4.06. The molecular formula is C16H24N4. The number of nitrogens with two attached hydrogens (primary N) is 2. The van der Waals surface area contributed by atoms with Crippen LogP contribution in [0, 0.1) is 13.8 Å². The average molecular weight is 272 g/mol. The molecule has 108 valence electrons. The molecule has 0 amide bonds. The van der Waals surface area contributed by atoms with Gasteiger partial charge in [0.2, 0.25) is 0 Å². The number of hydrogen-bond donors (Lipinski definition) is 2. The first-order chi connectivity index (χ1) is 9.51. The summed E-state index contributed by atoms with van der Waals surface area (Å²) < 4.78 is 0. The third kappa shape index (κ3) is 3.96. The predicted octanol–water partition coefficient (Wildman–Crippen LogP) is 3.46. The Hall–Kier alpha value is -2.07. The van der Waals surface area contributed by atoms with Crippen molar-refractivity contribution in [1.29, 1.82) is 0 Å². The fourth-order valence-electron chi connectivity index (χ4n) is 1.83. The van der Waals surface area contributed by atoms with Gasteiger partial charge in [0.05, 0.1) is 17.1 Å². The molecule has 20 heavy (non-hydrogen) atoms. The monoisotopic (exact) mass is 272 g/mol. The summed E-state index contributed by atoms with van der Waals surface area (Å²) >= 11 is 0. The number of anilines is 2. The van der Waals surface area contributed by atoms with Crippen LogP contribution in [-0.2, 0) is 0 Å². The van der Waals surface area contributed by atoms with Crippen LogP contribution < -0.4 is 16.6 Å². The van der Waals surface area contributed by atoms with Gasteiger partial charge < -0.3 is 5.73 Å². The maximum absolute atomic E-state index is 6.21. The molecule has 0 spiro atoms. The van der Waals surface area contributed by atoms with E-state index in [4.69, 9.17) is 11.6 Å². The first-order valence-corrected chi connectivity index (χ1v) is 6.77. The third-order valence-electron chi connectivity index (χ3n) is 3.07. The number of allylic oxidation sites excluding steroid dienone is 2. The molecule has 0 aliphatic heterocycles. The standard InChI is InChI=1S/C16H24N4/c1-5-7-14(8-9-19-6-2)20(18)16-11-13(4)12(3)10-15(16)17/h6-11H,5,17-18H2,1-4H3/b9-8-,14-7+,19-6?. The largest absolute Gasteiger partial charge is 0.397 e. The lowest BCUT2D eigenvalue weighted by Gasteiger charge is -2.22. The maximum atomic E-state index is 6.21. The van der Waals surface area contributed by atoms with Gasteiger partial charge in [-0.2, -0.15) is 0 Å². The Labute approximate surface area is 121 Å². The van der Waals surface area contributed by atoms with Gasteiger partial charge in [-0.1, -0.05) is 13.0 Å². The maximum Gasteiger partial charge on any atom is 0.0807 e. The van der Waals surface area contributed by atoms with Crippen molar-refractivity contribution in [2.24, 2.45) is 10.8 Å². The lowest BCUT2D eigenvalue weighted by Crippen LogP contribution is -2.30. The lowest BCUT2D eigenvalue weighted by atomic mass is 10.1. The van der Waals surface area contributed by atoms with Gasteiger partial charge in [0.1, 0.15) is 0 Å². The van der Waals surface area contributed by atoms with Gasteiger partial charge in [-0.15, -0.1) is 0 Å². The number of hydrogen-bond acceptors (Lipinski definition) is 4. The summed E-state index contributed by atoms with van der Waals surface area (Å²) in [6.45, 7) is 8.02. The van der Waals surface area contributed by atoms with Crippen molar-refractivity contribution in [3.05, 3.63) is 47.3 Å². The van der Waals surface area contributed by atoms with Crippen LogP contribution in [0.5, 0.6) is 0 Å². The zero-order valence-electron chi connectivity index (χ0n) is 12.7. The highest BCUT2D eigenvalue weighted by atomic mass is 15.4. The van der Waals surface area contributed by atoms with Crippen LogP contribution in [0.25, 0.3) is 0 Å². The minimum absolute atomic E-state index is 0.671. The summed E-state index contributed by atoms with van der Waals surface area (Å²) in [5.74, 6) is 6.21. The van der Waals surface area contributed by atoms with Crippen molar-refractivity contribution in [3.63, 3.8) is 0 Å². The van der Waals surface area contributed by atoms with E-state index in [9.17, 15) is 0 Å². The summed E-state index contributed by atoms with van der Waals surface area (Å²) in [7, 11) is 0. The Morgan fingerprint density at radius 3 is 2.55 bits per heavy atom. The first-order valence-electron chi connectivity index (χ1n) is 6.77. The van der Waals surface area contributed by atoms with Gasteiger partial charge in [0.15, 0.2) is 0 Å². The summed E-state index contributed by atoms with van der Waals surface area (Å²) in [6.07, 6.45) is 8.24. The molecule has 0 atom stereocenters. The van der Waals surface area contributed by atoms with Crippen LogP contribution in [0.3, 0.4) is 0 Å². The van der Waals surface area contributed by atoms with E-state index in [0.29, 0.717) is 5.69 Å². The van der Waals surface area contributed by atoms with E-state index in [2.05, 4.69) is 11.9 Å². The van der Waals surface area contributed by atoms with Crippen molar-refractivity contribution >= 4 is 17.6 Å². The van der Waals surface area contributed by atoms with Crippen molar-refractivity contribution in [3.8, 4) is 0 Å². The molecule has 1 aromatic carbocycles. The fourth-order valence-corrected chi connectivity index (χ4v) is 1.83. The minimum atomic E-state index is 0.671. The normalized spacial score (nSPS) is 12.6. The Morgan fingerprint density at radius 2 is 1.95 bits per heavy atom. The Morgan fingerprint density at radius 1 is 1.30 bits per heavy atom. The molecular weight excluding hydrogens is 248 g/mol. The van der Waals surface area contributed by atoms with Gasteiger partial charge in [-0.05, 0) is 56.5 Å². The third-order valence-corrected chi connectivity index (χ3v) is 3.07. The number of aryl methyl sites for hydroxylation is 2. The molecule has 0 bridgehead atoms. The van der Waals surface area contributed by atoms with E-state index in [1.807, 2.05) is 45.1 Å². The van der Waals surface area contributed by atoms with Crippen molar-refractivity contribution < 1.29 is 0 Å². The SMILES string of the molecule is CC=N/C=C\C(=C/CC)N(N)c1cc(C)c(C)cc1N. The van der Waals surface area contributed by atoms with Gasteiger partial charge in [-0.25, -0.2) is 5.84 Å². The summed E-state index contributed by atoms with van der Waals surface area (Å²) in [5, 5.41) is 1.60. The van der Waals surface area contributed by atoms with E-state index >= 15 is 0 Å². The van der Waals surface area contributed by atoms with Crippen molar-refractivity contribution in [2.45, 2.75) is 34.1 Å². The second kappa shape index (κ2) is 7.50. The lowest BCUT2D eigenvalue weighted by molar-refractivity contribution is 1.01. The quantitative estimate of drug-likeness (QED) is 0.283. The molecule has 0 heterocycles. The number of hydrazine groups is 1. The van der Waals surface area contributed by atoms with Crippen molar-refractivity contribution in [2.75, 3.05) is 10.7 Å². The highest BCUT2D eigenvalue weighted by molar-refractivity contribution is 5.72. The van der Waals surface area contributed by atoms with E-state index in [1.165, 1.54) is 0 Å². The number of nitrogens with zero attached hydrogens (tertiary/aromatic N) is 2. The number of aliphatic imine (C=N–C) groups is 1. The van der Waals surface area contributed by atoms with Crippen LogP contribution in [0.1, 0.15) is 31.4 Å². The summed E-state index contributed by atoms with van der Waals surface area (Å²) in [6, 6.07) is 3.95. The van der Waals surface area contributed by atoms with E-state index in [0.717, 1.165) is 28.9 Å². The van der Waals surface area contributed by atoms with Gasteiger partial charge in [0.25, 0.3) is 0 Å². The van der Waals surface area contributed by atoms with Crippen LogP contribution in [0.4, 0.5) is 11.4 Å². The van der Waals surface area contributed by atoms with Crippen LogP contribution in [0.15, 0.2) is 41.2 Å². The van der Waals surface area contributed by atoms with E-state index < -0.39 is 0 Å². The molecule has 4 N–H and O–H groups in total. The number of nitrogen functional groups attached to an aromatic ring is 1. The van der Waals surface area contributed by atoms with Crippen LogP contribution in [-0.4, -0.2) is 6.21 Å². The smallest absolute Gasteiger partial charge is 0.0807 e. The molecule has 0 unspecified atom stereocenters. The zero-order valence-corrected chi connectivity index (χ0v) is 12.7. The van der Waals surface area contributed by atoms with Gasteiger partial charge in [0, 0.05) is 12.4 Å². The summed E-state index contributed by atoms with van der Waals surface area (Å²) in [5.41, 5.74) is 10.7. The molecule has 0 aliphatic rings. The molecule has 4 heteroatoms. The number of benzene rings is 1. The van der Waals surface area contributed by atoms with E-state index in [1.54, 1.807) is 17.4 Å². The second-order valence-electron chi connectivity index (χ2n) is 4.63. The molecule has 0 saturated heterocycles. The van der Waals surface area contributed by atoms with Crippen LogP contribution in [0.2, 0.25) is 0 Å².